The molecule has 152 valence electrons. The summed E-state index contributed by atoms with van der Waals surface area (Å²) in [6.07, 6.45) is 1.18. The average molecular weight is 398 g/mol. The third-order valence-corrected chi connectivity index (χ3v) is 4.16. The van der Waals surface area contributed by atoms with Gasteiger partial charge in [-0.2, -0.15) is 0 Å². The number of esters is 1. The molecule has 3 aromatic rings. The summed E-state index contributed by atoms with van der Waals surface area (Å²) in [5.41, 5.74) is 1.21. The first-order valence-corrected chi connectivity index (χ1v) is 9.03. The van der Waals surface area contributed by atoms with Gasteiger partial charge in [0.15, 0.2) is 23.5 Å². The summed E-state index contributed by atoms with van der Waals surface area (Å²) >= 11 is 0. The summed E-state index contributed by atoms with van der Waals surface area (Å²) in [4.78, 5) is 24.5. The molecule has 0 fully saturated rings. The Hall–Kier alpha value is -3.48. The maximum atomic E-state index is 12.9. The van der Waals surface area contributed by atoms with Gasteiger partial charge >= 0.3 is 5.97 Å². The van der Waals surface area contributed by atoms with E-state index in [0.29, 0.717) is 39.3 Å². The zero-order valence-corrected chi connectivity index (χ0v) is 16.7. The Kier molecular flexibility index (Phi) is 6.07. The van der Waals surface area contributed by atoms with Crippen LogP contribution in [0.25, 0.3) is 22.1 Å². The van der Waals surface area contributed by atoms with E-state index in [2.05, 4.69) is 0 Å². The van der Waals surface area contributed by atoms with E-state index in [1.54, 1.807) is 57.4 Å². The fourth-order valence-corrected chi connectivity index (χ4v) is 2.84. The van der Waals surface area contributed by atoms with Crippen molar-refractivity contribution >= 4 is 16.9 Å². The van der Waals surface area contributed by atoms with Gasteiger partial charge in [-0.15, -0.1) is 0 Å². The quantitative estimate of drug-likeness (QED) is 0.560. The van der Waals surface area contributed by atoms with Gasteiger partial charge in [-0.3, -0.25) is 4.79 Å². The summed E-state index contributed by atoms with van der Waals surface area (Å²) in [6.45, 7) is 3.30. The molecule has 3 rings (SSSR count). The smallest absolute Gasteiger partial charge is 0.344 e. The number of ether oxygens (including phenoxy) is 4. The van der Waals surface area contributed by atoms with E-state index >= 15 is 0 Å². The van der Waals surface area contributed by atoms with Crippen LogP contribution in [0.5, 0.6) is 17.2 Å². The number of hydrogen-bond acceptors (Lipinski definition) is 7. The highest BCUT2D eigenvalue weighted by molar-refractivity contribution is 5.83. The Morgan fingerprint density at radius 3 is 2.48 bits per heavy atom. The van der Waals surface area contributed by atoms with Gasteiger partial charge in [0.2, 0.25) is 0 Å². The van der Waals surface area contributed by atoms with Crippen molar-refractivity contribution in [3.8, 4) is 28.4 Å². The van der Waals surface area contributed by atoms with Gasteiger partial charge < -0.3 is 23.4 Å². The van der Waals surface area contributed by atoms with Crippen molar-refractivity contribution < 1.29 is 28.2 Å². The molecule has 0 radical (unpaired) electrons. The first kappa shape index (κ1) is 20.3. The van der Waals surface area contributed by atoms with E-state index < -0.39 is 5.97 Å². The van der Waals surface area contributed by atoms with Crippen LogP contribution in [0, 0.1) is 0 Å². The lowest BCUT2D eigenvalue weighted by Crippen LogP contribution is -2.18. The molecular formula is C22H22O7. The molecule has 0 atom stereocenters. The normalized spacial score (nSPS) is 10.8. The SMILES string of the molecule is COc1ccc(-c2coc3cc(OCC(=O)OC(C)C)ccc3c2=O)cc1OC. The van der Waals surface area contributed by atoms with Crippen LogP contribution in [0.15, 0.2) is 51.9 Å². The van der Waals surface area contributed by atoms with E-state index in [4.69, 9.17) is 23.4 Å². The Balaban J connectivity index is 1.89. The minimum Gasteiger partial charge on any atom is -0.493 e. The van der Waals surface area contributed by atoms with Gasteiger partial charge in [0.25, 0.3) is 0 Å². The molecule has 0 aliphatic rings. The zero-order valence-electron chi connectivity index (χ0n) is 16.7. The van der Waals surface area contributed by atoms with Gasteiger partial charge in [0.05, 0.1) is 31.3 Å². The van der Waals surface area contributed by atoms with Crippen molar-refractivity contribution in [3.05, 3.63) is 52.9 Å². The van der Waals surface area contributed by atoms with Crippen molar-refractivity contribution in [2.24, 2.45) is 0 Å². The second kappa shape index (κ2) is 8.68. The second-order valence-electron chi connectivity index (χ2n) is 6.53. The molecule has 0 bridgehead atoms. The van der Waals surface area contributed by atoms with Crippen LogP contribution < -0.4 is 19.6 Å². The van der Waals surface area contributed by atoms with Crippen LogP contribution in [-0.2, 0) is 9.53 Å². The van der Waals surface area contributed by atoms with E-state index in [1.165, 1.54) is 13.4 Å². The summed E-state index contributed by atoms with van der Waals surface area (Å²) in [7, 11) is 3.08. The van der Waals surface area contributed by atoms with Crippen LogP contribution >= 0.6 is 0 Å². The largest absolute Gasteiger partial charge is 0.493 e. The van der Waals surface area contributed by atoms with E-state index in [0.717, 1.165) is 0 Å². The minimum absolute atomic E-state index is 0.191. The van der Waals surface area contributed by atoms with Gasteiger partial charge in [0.1, 0.15) is 17.6 Å². The van der Waals surface area contributed by atoms with Crippen LogP contribution in [0.1, 0.15) is 13.8 Å². The number of methoxy groups -OCH3 is 2. The third-order valence-electron chi connectivity index (χ3n) is 4.16. The maximum Gasteiger partial charge on any atom is 0.344 e. The first-order chi connectivity index (χ1) is 13.9. The molecule has 2 aromatic carbocycles. The van der Waals surface area contributed by atoms with Crippen molar-refractivity contribution in [3.63, 3.8) is 0 Å². The van der Waals surface area contributed by atoms with E-state index in [9.17, 15) is 9.59 Å². The van der Waals surface area contributed by atoms with Gasteiger partial charge in [-0.1, -0.05) is 6.07 Å². The Morgan fingerprint density at radius 1 is 1.03 bits per heavy atom. The van der Waals surface area contributed by atoms with E-state index in [1.807, 2.05) is 0 Å². The summed E-state index contributed by atoms with van der Waals surface area (Å²) in [5.74, 6) is 1.02. The molecule has 0 unspecified atom stereocenters. The van der Waals surface area contributed by atoms with Crippen molar-refractivity contribution in [2.75, 3.05) is 20.8 Å². The van der Waals surface area contributed by atoms with Crippen molar-refractivity contribution in [1.82, 2.24) is 0 Å². The Morgan fingerprint density at radius 2 is 1.79 bits per heavy atom. The number of carbonyl (C=O) groups is 1. The summed E-state index contributed by atoms with van der Waals surface area (Å²) in [5, 5.41) is 0.398. The molecule has 0 amide bonds. The Labute approximate surface area is 167 Å². The molecule has 0 aliphatic heterocycles. The predicted molar refractivity (Wildman–Crippen MR) is 108 cm³/mol. The van der Waals surface area contributed by atoms with Crippen LogP contribution in [0.4, 0.5) is 0 Å². The van der Waals surface area contributed by atoms with E-state index in [-0.39, 0.29) is 18.1 Å². The molecule has 1 aromatic heterocycles. The molecule has 7 heteroatoms. The summed E-state index contributed by atoms with van der Waals surface area (Å²) in [6, 6.07) is 9.99. The molecule has 7 nitrogen and oxygen atoms in total. The topological polar surface area (TPSA) is 84.2 Å². The average Bonchev–Trinajstić information content (AvgIpc) is 2.71. The maximum absolute atomic E-state index is 12.9. The highest BCUT2D eigenvalue weighted by Crippen LogP contribution is 2.32. The molecular weight excluding hydrogens is 376 g/mol. The number of hydrogen-bond donors (Lipinski definition) is 0. The van der Waals surface area contributed by atoms with Crippen molar-refractivity contribution in [2.45, 2.75) is 20.0 Å². The third kappa shape index (κ3) is 4.51. The number of benzene rings is 2. The Bertz CT molecular complexity index is 1080. The fraction of sp³-hybridized carbons (Fsp3) is 0.273. The lowest BCUT2D eigenvalue weighted by Gasteiger charge is -2.10. The zero-order chi connectivity index (χ0) is 21.0. The molecule has 0 spiro atoms. The molecule has 0 saturated heterocycles. The monoisotopic (exact) mass is 398 g/mol. The molecule has 29 heavy (non-hydrogen) atoms. The van der Waals surface area contributed by atoms with Crippen LogP contribution in [-0.4, -0.2) is 32.9 Å². The predicted octanol–water partition coefficient (Wildman–Crippen LogP) is 3.81. The van der Waals surface area contributed by atoms with Crippen molar-refractivity contribution in [1.29, 1.82) is 0 Å². The van der Waals surface area contributed by atoms with Crippen LogP contribution in [0.2, 0.25) is 0 Å². The number of fused-ring (bicyclic) bond motifs is 1. The molecule has 0 aliphatic carbocycles. The fourth-order valence-electron chi connectivity index (χ4n) is 2.84. The molecule has 0 saturated carbocycles. The highest BCUT2D eigenvalue weighted by atomic mass is 16.6. The summed E-state index contributed by atoms with van der Waals surface area (Å²) < 4.78 is 26.6. The molecule has 1 heterocycles. The minimum atomic E-state index is -0.467. The highest BCUT2D eigenvalue weighted by Gasteiger charge is 2.13. The van der Waals surface area contributed by atoms with Gasteiger partial charge in [0, 0.05) is 6.07 Å². The second-order valence-corrected chi connectivity index (χ2v) is 6.53. The van der Waals surface area contributed by atoms with Gasteiger partial charge in [-0.05, 0) is 43.7 Å². The molecule has 0 N–H and O–H groups in total. The van der Waals surface area contributed by atoms with Crippen LogP contribution in [0.3, 0.4) is 0 Å². The first-order valence-electron chi connectivity index (χ1n) is 9.03. The lowest BCUT2D eigenvalue weighted by molar-refractivity contribution is -0.149. The number of rotatable bonds is 7. The lowest BCUT2D eigenvalue weighted by atomic mass is 10.0. The standard InChI is InChI=1S/C22H22O7/c1-13(2)29-21(23)12-27-15-6-7-16-19(10-15)28-11-17(22(16)24)14-5-8-18(25-3)20(9-14)26-4/h5-11,13H,12H2,1-4H3. The van der Waals surface area contributed by atoms with Gasteiger partial charge in [-0.25, -0.2) is 4.79 Å². The number of carbonyl (C=O) groups excluding carboxylic acids is 1.